The maximum atomic E-state index is 10.8. The van der Waals surface area contributed by atoms with E-state index in [4.69, 9.17) is 0 Å². The van der Waals surface area contributed by atoms with Gasteiger partial charge >= 0.3 is 5.97 Å². The Morgan fingerprint density at radius 3 is 2.36 bits per heavy atom. The Kier molecular flexibility index (Phi) is 4.26. The fourth-order valence-corrected chi connectivity index (χ4v) is 0.583. The maximum Gasteiger partial charge on any atom is 0.312 e. The van der Waals surface area contributed by atoms with Gasteiger partial charge in [-0.05, 0) is 13.8 Å². The molecular weight excluding hydrogens is 148 g/mol. The second kappa shape index (κ2) is 4.71. The molecule has 0 aromatic heterocycles. The van der Waals surface area contributed by atoms with E-state index in [0.717, 1.165) is 0 Å². The largest absolute Gasteiger partial charge is 0.469 e. The number of rotatable bonds is 4. The average molecular weight is 160 g/mol. The molecule has 0 heterocycles. The molecule has 0 spiro atoms. The third-order valence-electron chi connectivity index (χ3n) is 1.55. The lowest BCUT2D eigenvalue weighted by molar-refractivity contribution is -0.152. The van der Waals surface area contributed by atoms with Crippen LogP contribution in [-0.4, -0.2) is 25.7 Å². The Morgan fingerprint density at radius 1 is 1.45 bits per heavy atom. The normalized spacial score (nSPS) is 14.8. The Hall–Kier alpha value is -1.06. The van der Waals surface area contributed by atoms with Gasteiger partial charge in [-0.25, -0.2) is 0 Å². The molecule has 0 amide bonds. The van der Waals surface area contributed by atoms with Gasteiger partial charge < -0.3 is 9.47 Å². The van der Waals surface area contributed by atoms with Crippen molar-refractivity contribution < 1.29 is 19.1 Å². The molecular formula is C7H12O4. The zero-order valence-corrected chi connectivity index (χ0v) is 6.87. The number of hydrogen-bond acceptors (Lipinski definition) is 4. The number of esters is 1. The molecule has 64 valence electrons. The lowest BCUT2D eigenvalue weighted by Crippen LogP contribution is -2.26. The fourth-order valence-electron chi connectivity index (χ4n) is 0.583. The predicted molar refractivity (Wildman–Crippen MR) is 37.8 cm³/mol. The zero-order chi connectivity index (χ0) is 8.85. The summed E-state index contributed by atoms with van der Waals surface area (Å²) in [6.07, 6.45) is -0.431. The summed E-state index contributed by atoms with van der Waals surface area (Å²) in [5.74, 6) is -0.787. The van der Waals surface area contributed by atoms with Crippen LogP contribution in [0, 0.1) is 5.92 Å². The smallest absolute Gasteiger partial charge is 0.312 e. The van der Waals surface area contributed by atoms with Crippen molar-refractivity contribution >= 4 is 12.4 Å². The summed E-state index contributed by atoms with van der Waals surface area (Å²) in [5, 5.41) is 0. The molecule has 0 radical (unpaired) electrons. The first-order valence-electron chi connectivity index (χ1n) is 3.30. The van der Waals surface area contributed by atoms with Crippen molar-refractivity contribution in [2.75, 3.05) is 7.11 Å². The Labute approximate surface area is 65.5 Å². The van der Waals surface area contributed by atoms with Crippen LogP contribution in [-0.2, 0) is 19.1 Å². The first-order chi connectivity index (χ1) is 5.13. The van der Waals surface area contributed by atoms with Crippen molar-refractivity contribution in [1.29, 1.82) is 0 Å². The van der Waals surface area contributed by atoms with Gasteiger partial charge in [-0.15, -0.1) is 0 Å². The molecule has 0 rings (SSSR count). The highest BCUT2D eigenvalue weighted by atomic mass is 16.5. The number of carbonyl (C=O) groups excluding carboxylic acids is 2. The minimum absolute atomic E-state index is 0.324. The highest BCUT2D eigenvalue weighted by molar-refractivity contribution is 5.72. The molecule has 4 heteroatoms. The van der Waals surface area contributed by atoms with Gasteiger partial charge in [0.25, 0.3) is 6.47 Å². The number of methoxy groups -OCH3 is 1. The number of hydrogen-bond donors (Lipinski definition) is 0. The van der Waals surface area contributed by atoms with E-state index >= 15 is 0 Å². The van der Waals surface area contributed by atoms with Crippen molar-refractivity contribution in [3.05, 3.63) is 0 Å². The van der Waals surface area contributed by atoms with Crippen LogP contribution in [0.2, 0.25) is 0 Å². The zero-order valence-electron chi connectivity index (χ0n) is 6.87. The van der Waals surface area contributed by atoms with E-state index in [-0.39, 0.29) is 5.97 Å². The van der Waals surface area contributed by atoms with E-state index in [0.29, 0.717) is 6.47 Å². The van der Waals surface area contributed by atoms with Crippen LogP contribution >= 0.6 is 0 Å². The summed E-state index contributed by atoms with van der Waals surface area (Å²) < 4.78 is 8.99. The third kappa shape index (κ3) is 3.02. The summed E-state index contributed by atoms with van der Waals surface area (Å²) in [7, 11) is 1.30. The summed E-state index contributed by atoms with van der Waals surface area (Å²) in [4.78, 5) is 20.7. The monoisotopic (exact) mass is 160 g/mol. The van der Waals surface area contributed by atoms with Crippen LogP contribution in [0.25, 0.3) is 0 Å². The lowest BCUT2D eigenvalue weighted by atomic mass is 10.1. The highest BCUT2D eigenvalue weighted by Gasteiger charge is 2.21. The second-order valence-electron chi connectivity index (χ2n) is 2.25. The van der Waals surface area contributed by atoms with Crippen LogP contribution in [0.5, 0.6) is 0 Å². The van der Waals surface area contributed by atoms with E-state index < -0.39 is 12.0 Å². The average Bonchev–Trinajstić information content (AvgIpc) is 2.02. The van der Waals surface area contributed by atoms with E-state index in [2.05, 4.69) is 9.47 Å². The van der Waals surface area contributed by atoms with Gasteiger partial charge in [-0.3, -0.25) is 9.59 Å². The molecule has 0 aliphatic rings. The number of carbonyl (C=O) groups is 2. The van der Waals surface area contributed by atoms with Gasteiger partial charge in [-0.1, -0.05) is 0 Å². The minimum Gasteiger partial charge on any atom is -0.469 e. The number of ether oxygens (including phenoxy) is 2. The molecule has 0 fully saturated rings. The van der Waals surface area contributed by atoms with Gasteiger partial charge in [0, 0.05) is 0 Å². The molecule has 0 aliphatic heterocycles. The van der Waals surface area contributed by atoms with Gasteiger partial charge in [0.05, 0.1) is 13.0 Å². The molecule has 11 heavy (non-hydrogen) atoms. The quantitative estimate of drug-likeness (QED) is 0.440. The second-order valence-corrected chi connectivity index (χ2v) is 2.25. The summed E-state index contributed by atoms with van der Waals surface area (Å²) in [5.41, 5.74) is 0. The molecule has 4 nitrogen and oxygen atoms in total. The Balaban J connectivity index is 3.89. The van der Waals surface area contributed by atoms with Gasteiger partial charge in [0.15, 0.2) is 0 Å². The SMILES string of the molecule is COC(=O)C(C)C(C)OC=O. The summed E-state index contributed by atoms with van der Waals surface area (Å²) in [6.45, 7) is 3.60. The van der Waals surface area contributed by atoms with Crippen LogP contribution in [0.3, 0.4) is 0 Å². The van der Waals surface area contributed by atoms with E-state index in [9.17, 15) is 9.59 Å². The Morgan fingerprint density at radius 2 is 2.00 bits per heavy atom. The molecule has 0 aromatic rings. The molecule has 2 atom stereocenters. The van der Waals surface area contributed by atoms with Crippen LogP contribution in [0.1, 0.15) is 13.8 Å². The van der Waals surface area contributed by atoms with Crippen LogP contribution in [0.15, 0.2) is 0 Å². The third-order valence-corrected chi connectivity index (χ3v) is 1.55. The first-order valence-corrected chi connectivity index (χ1v) is 3.30. The van der Waals surface area contributed by atoms with Crippen LogP contribution < -0.4 is 0 Å². The molecule has 0 saturated heterocycles. The van der Waals surface area contributed by atoms with Crippen molar-refractivity contribution in [3.63, 3.8) is 0 Å². The van der Waals surface area contributed by atoms with Gasteiger partial charge in [-0.2, -0.15) is 0 Å². The van der Waals surface area contributed by atoms with Crippen molar-refractivity contribution in [2.45, 2.75) is 20.0 Å². The van der Waals surface area contributed by atoms with E-state index in [1.54, 1.807) is 13.8 Å². The Bertz CT molecular complexity index is 143. The van der Waals surface area contributed by atoms with Crippen molar-refractivity contribution in [2.24, 2.45) is 5.92 Å². The maximum absolute atomic E-state index is 10.8. The molecule has 0 aromatic carbocycles. The molecule has 2 unspecified atom stereocenters. The van der Waals surface area contributed by atoms with E-state index in [1.165, 1.54) is 7.11 Å². The fraction of sp³-hybridized carbons (Fsp3) is 0.714. The van der Waals surface area contributed by atoms with E-state index in [1.807, 2.05) is 0 Å². The summed E-state index contributed by atoms with van der Waals surface area (Å²) >= 11 is 0. The van der Waals surface area contributed by atoms with Crippen molar-refractivity contribution in [1.82, 2.24) is 0 Å². The summed E-state index contributed by atoms with van der Waals surface area (Å²) in [6, 6.07) is 0. The topological polar surface area (TPSA) is 52.6 Å². The molecule has 0 bridgehead atoms. The lowest BCUT2D eigenvalue weighted by Gasteiger charge is -2.14. The van der Waals surface area contributed by atoms with Gasteiger partial charge in [0.2, 0.25) is 0 Å². The molecule has 0 aliphatic carbocycles. The van der Waals surface area contributed by atoms with Crippen LogP contribution in [0.4, 0.5) is 0 Å². The first kappa shape index (κ1) is 9.94. The highest BCUT2D eigenvalue weighted by Crippen LogP contribution is 2.06. The minimum atomic E-state index is -0.431. The van der Waals surface area contributed by atoms with Crippen molar-refractivity contribution in [3.8, 4) is 0 Å². The molecule has 0 N–H and O–H groups in total. The standard InChI is InChI=1S/C7H12O4/c1-5(7(9)10-3)6(2)11-4-8/h4-6H,1-3H3. The van der Waals surface area contributed by atoms with Gasteiger partial charge in [0.1, 0.15) is 6.10 Å². The molecule has 0 saturated carbocycles. The predicted octanol–water partition coefficient (Wildman–Crippen LogP) is 0.357.